The molecule has 0 saturated carbocycles. The molecule has 126 valence electrons. The number of amides is 2. The number of hydrogen-bond acceptors (Lipinski definition) is 3. The molecular weight excluding hydrogens is 318 g/mol. The molecule has 1 aromatic carbocycles. The number of carbonyl (C=O) groups excluding carboxylic acids is 1. The van der Waals surface area contributed by atoms with E-state index in [1.807, 2.05) is 24.3 Å². The lowest BCUT2D eigenvalue weighted by molar-refractivity contribution is -0.140. The van der Waals surface area contributed by atoms with E-state index in [0.29, 0.717) is 31.2 Å². The van der Waals surface area contributed by atoms with Gasteiger partial charge in [0.05, 0.1) is 0 Å². The van der Waals surface area contributed by atoms with Crippen LogP contribution in [-0.4, -0.2) is 54.2 Å². The molecule has 1 fully saturated rings. The summed E-state index contributed by atoms with van der Waals surface area (Å²) in [5, 5.41) is 12.4. The van der Waals surface area contributed by atoms with E-state index in [1.54, 1.807) is 18.7 Å². The Balaban J connectivity index is 1.89. The fraction of sp³-hybridized carbons (Fsp3) is 0.500. The lowest BCUT2D eigenvalue weighted by atomic mass is 10.1. The number of hydrogen-bond donors (Lipinski definition) is 2. The van der Waals surface area contributed by atoms with Crippen molar-refractivity contribution in [3.63, 3.8) is 0 Å². The normalized spacial score (nSPS) is 16.3. The Kier molecular flexibility index (Phi) is 5.71. The maximum absolute atomic E-state index is 12.2. The molecule has 7 heteroatoms. The van der Waals surface area contributed by atoms with Crippen LogP contribution in [-0.2, 0) is 4.79 Å². The lowest BCUT2D eigenvalue weighted by Gasteiger charge is -2.36. The first-order chi connectivity index (χ1) is 10.9. The smallest absolute Gasteiger partial charge is 0.326 e. The number of carboxylic acid groups (broad SMARTS) is 1. The summed E-state index contributed by atoms with van der Waals surface area (Å²) in [5.41, 5.74) is 1.07. The van der Waals surface area contributed by atoms with Crippen LogP contribution in [0.3, 0.4) is 0 Å². The van der Waals surface area contributed by atoms with Gasteiger partial charge in [0.15, 0.2) is 0 Å². The molecule has 1 aliphatic heterocycles. The average Bonchev–Trinajstić information content (AvgIpc) is 2.52. The monoisotopic (exact) mass is 339 g/mol. The van der Waals surface area contributed by atoms with E-state index in [2.05, 4.69) is 10.2 Å². The van der Waals surface area contributed by atoms with Crippen molar-refractivity contribution in [2.24, 2.45) is 5.92 Å². The van der Waals surface area contributed by atoms with Crippen LogP contribution in [0.5, 0.6) is 0 Å². The fourth-order valence-electron chi connectivity index (χ4n) is 2.56. The van der Waals surface area contributed by atoms with E-state index in [4.69, 9.17) is 16.7 Å². The average molecular weight is 340 g/mol. The molecule has 0 radical (unpaired) electrons. The van der Waals surface area contributed by atoms with Gasteiger partial charge in [-0.1, -0.05) is 25.4 Å². The first kappa shape index (κ1) is 17.4. The second-order valence-corrected chi connectivity index (χ2v) is 6.40. The van der Waals surface area contributed by atoms with Crippen LogP contribution >= 0.6 is 11.6 Å². The highest BCUT2D eigenvalue weighted by Gasteiger charge is 2.27. The molecule has 2 N–H and O–H groups in total. The zero-order chi connectivity index (χ0) is 17.0. The second kappa shape index (κ2) is 7.55. The van der Waals surface area contributed by atoms with Crippen molar-refractivity contribution in [3.05, 3.63) is 29.3 Å². The van der Waals surface area contributed by atoms with E-state index in [0.717, 1.165) is 5.69 Å². The third-order valence-corrected chi connectivity index (χ3v) is 4.22. The predicted octanol–water partition coefficient (Wildman–Crippen LogP) is 2.28. The summed E-state index contributed by atoms with van der Waals surface area (Å²) in [6.07, 6.45) is 0. The molecule has 0 spiro atoms. The van der Waals surface area contributed by atoms with Gasteiger partial charge in [-0.15, -0.1) is 0 Å². The van der Waals surface area contributed by atoms with Crippen molar-refractivity contribution in [2.75, 3.05) is 31.1 Å². The predicted molar refractivity (Wildman–Crippen MR) is 90.0 cm³/mol. The van der Waals surface area contributed by atoms with E-state index < -0.39 is 12.0 Å². The summed E-state index contributed by atoms with van der Waals surface area (Å²) < 4.78 is 0. The highest BCUT2D eigenvalue weighted by atomic mass is 35.5. The van der Waals surface area contributed by atoms with Crippen LogP contribution in [0.25, 0.3) is 0 Å². The molecule has 1 saturated heterocycles. The Bertz CT molecular complexity index is 554. The zero-order valence-corrected chi connectivity index (χ0v) is 14.1. The van der Waals surface area contributed by atoms with Crippen LogP contribution < -0.4 is 10.2 Å². The van der Waals surface area contributed by atoms with Gasteiger partial charge < -0.3 is 20.2 Å². The Hall–Kier alpha value is -1.95. The van der Waals surface area contributed by atoms with E-state index in [-0.39, 0.29) is 11.9 Å². The van der Waals surface area contributed by atoms with Gasteiger partial charge in [0.2, 0.25) is 0 Å². The van der Waals surface area contributed by atoms with Crippen LogP contribution in [0, 0.1) is 5.92 Å². The van der Waals surface area contributed by atoms with E-state index in [9.17, 15) is 9.59 Å². The minimum Gasteiger partial charge on any atom is -0.480 e. The zero-order valence-electron chi connectivity index (χ0n) is 13.3. The Labute approximate surface area is 141 Å². The highest BCUT2D eigenvalue weighted by Crippen LogP contribution is 2.19. The molecule has 2 rings (SSSR count). The number of carbonyl (C=O) groups is 2. The number of rotatable bonds is 4. The summed E-state index contributed by atoms with van der Waals surface area (Å²) in [5.74, 6) is -1.17. The molecule has 0 aromatic heterocycles. The topological polar surface area (TPSA) is 72.9 Å². The van der Waals surface area contributed by atoms with Crippen molar-refractivity contribution in [2.45, 2.75) is 19.9 Å². The van der Waals surface area contributed by atoms with Crippen LogP contribution in [0.4, 0.5) is 10.5 Å². The fourth-order valence-corrected chi connectivity index (χ4v) is 2.68. The van der Waals surface area contributed by atoms with Crippen molar-refractivity contribution in [3.8, 4) is 0 Å². The van der Waals surface area contributed by atoms with Crippen LogP contribution in [0.1, 0.15) is 13.8 Å². The van der Waals surface area contributed by atoms with Gasteiger partial charge in [-0.05, 0) is 30.2 Å². The molecule has 2 amide bonds. The molecule has 23 heavy (non-hydrogen) atoms. The van der Waals surface area contributed by atoms with Crippen LogP contribution in [0.15, 0.2) is 24.3 Å². The molecular formula is C16H22ClN3O3. The van der Waals surface area contributed by atoms with Gasteiger partial charge in [-0.3, -0.25) is 0 Å². The van der Waals surface area contributed by atoms with Crippen molar-refractivity contribution in [1.82, 2.24) is 10.2 Å². The second-order valence-electron chi connectivity index (χ2n) is 5.96. The molecule has 1 aliphatic rings. The summed E-state index contributed by atoms with van der Waals surface area (Å²) in [6.45, 7) is 6.07. The molecule has 1 atom stereocenters. The Morgan fingerprint density at radius 3 is 2.17 bits per heavy atom. The number of nitrogens with one attached hydrogen (secondary N) is 1. The largest absolute Gasteiger partial charge is 0.480 e. The van der Waals surface area contributed by atoms with E-state index in [1.165, 1.54) is 0 Å². The highest BCUT2D eigenvalue weighted by molar-refractivity contribution is 6.30. The van der Waals surface area contributed by atoms with Gasteiger partial charge >= 0.3 is 12.0 Å². The molecule has 6 nitrogen and oxygen atoms in total. The molecule has 1 aromatic rings. The maximum Gasteiger partial charge on any atom is 0.326 e. The summed E-state index contributed by atoms with van der Waals surface area (Å²) in [4.78, 5) is 27.2. The molecule has 1 unspecified atom stereocenters. The number of carboxylic acids is 1. The van der Waals surface area contributed by atoms with Crippen LogP contribution in [0.2, 0.25) is 5.02 Å². The van der Waals surface area contributed by atoms with Crippen molar-refractivity contribution < 1.29 is 14.7 Å². The third kappa shape index (κ3) is 4.51. The lowest BCUT2D eigenvalue weighted by Crippen LogP contribution is -2.55. The van der Waals surface area contributed by atoms with Gasteiger partial charge in [-0.25, -0.2) is 9.59 Å². The standard InChI is InChI=1S/C16H22ClN3O3/c1-11(2)14(15(21)22)18-16(23)20-9-7-19(8-10-20)13-5-3-12(17)4-6-13/h3-6,11,14H,7-10H2,1-2H3,(H,18,23)(H,21,22). The molecule has 1 heterocycles. The minimum atomic E-state index is -1.01. The van der Waals surface area contributed by atoms with Crippen molar-refractivity contribution >= 4 is 29.3 Å². The van der Waals surface area contributed by atoms with Gasteiger partial charge in [0.25, 0.3) is 0 Å². The number of urea groups is 1. The third-order valence-electron chi connectivity index (χ3n) is 3.97. The Morgan fingerprint density at radius 1 is 1.13 bits per heavy atom. The summed E-state index contributed by atoms with van der Waals surface area (Å²) in [6, 6.07) is 6.42. The quantitative estimate of drug-likeness (QED) is 0.882. The SMILES string of the molecule is CC(C)C(NC(=O)N1CCN(c2ccc(Cl)cc2)CC1)C(=O)O. The van der Waals surface area contributed by atoms with E-state index >= 15 is 0 Å². The summed E-state index contributed by atoms with van der Waals surface area (Å²) >= 11 is 5.89. The Morgan fingerprint density at radius 2 is 1.70 bits per heavy atom. The maximum atomic E-state index is 12.2. The molecule has 0 bridgehead atoms. The van der Waals surface area contributed by atoms with Gasteiger partial charge in [0, 0.05) is 36.9 Å². The number of halogens is 1. The van der Waals surface area contributed by atoms with Gasteiger partial charge in [-0.2, -0.15) is 0 Å². The van der Waals surface area contributed by atoms with Crippen molar-refractivity contribution in [1.29, 1.82) is 0 Å². The summed E-state index contributed by atoms with van der Waals surface area (Å²) in [7, 11) is 0. The number of anilines is 1. The molecule has 0 aliphatic carbocycles. The number of benzene rings is 1. The van der Waals surface area contributed by atoms with Gasteiger partial charge in [0.1, 0.15) is 6.04 Å². The number of piperazine rings is 1. The first-order valence-corrected chi connectivity index (χ1v) is 8.05. The number of aliphatic carboxylic acids is 1. The number of nitrogens with zero attached hydrogens (tertiary/aromatic N) is 2. The first-order valence-electron chi connectivity index (χ1n) is 7.67. The minimum absolute atomic E-state index is 0.160.